The zero-order valence-corrected chi connectivity index (χ0v) is 17.2. The van der Waals surface area contributed by atoms with E-state index in [4.69, 9.17) is 9.15 Å². The van der Waals surface area contributed by atoms with Crippen molar-refractivity contribution in [2.24, 2.45) is 0 Å². The summed E-state index contributed by atoms with van der Waals surface area (Å²) in [5, 5.41) is 23.7. The smallest absolute Gasteiger partial charge is 0.296 e. The second-order valence-corrected chi connectivity index (χ2v) is 6.71. The second kappa shape index (κ2) is 9.00. The molecule has 0 aliphatic rings. The highest BCUT2D eigenvalue weighted by molar-refractivity contribution is 6.01. The molecule has 0 spiro atoms. The molecule has 0 saturated carbocycles. The van der Waals surface area contributed by atoms with Crippen molar-refractivity contribution in [1.82, 2.24) is 9.88 Å². The van der Waals surface area contributed by atoms with Crippen LogP contribution in [0.4, 0.5) is 5.69 Å². The molecule has 1 aromatic carbocycles. The number of hydrogen-bond acceptors (Lipinski definition) is 6. The highest BCUT2D eigenvalue weighted by atomic mass is 16.6. The third-order valence-electron chi connectivity index (χ3n) is 4.76. The number of aromatic nitrogens is 1. The van der Waals surface area contributed by atoms with Gasteiger partial charge < -0.3 is 19.0 Å². The van der Waals surface area contributed by atoms with E-state index >= 15 is 0 Å². The number of nitriles is 1. The summed E-state index contributed by atoms with van der Waals surface area (Å²) in [7, 11) is 1.44. The third kappa shape index (κ3) is 4.48. The zero-order valence-electron chi connectivity index (χ0n) is 17.2. The van der Waals surface area contributed by atoms with Crippen LogP contribution in [0.15, 0.2) is 52.7 Å². The van der Waals surface area contributed by atoms with Gasteiger partial charge in [-0.2, -0.15) is 5.26 Å². The summed E-state index contributed by atoms with van der Waals surface area (Å²) in [5.74, 6) is 0.396. The number of nitrogens with one attached hydrogen (secondary N) is 1. The Kier molecular flexibility index (Phi) is 6.21. The molecular weight excluding hydrogens is 400 g/mol. The van der Waals surface area contributed by atoms with Crippen LogP contribution in [0.25, 0.3) is 11.8 Å². The Hall–Kier alpha value is -4.32. The molecule has 0 aliphatic carbocycles. The Morgan fingerprint density at radius 3 is 2.74 bits per heavy atom. The van der Waals surface area contributed by atoms with Gasteiger partial charge >= 0.3 is 0 Å². The first kappa shape index (κ1) is 21.4. The highest BCUT2D eigenvalue weighted by Gasteiger charge is 2.21. The van der Waals surface area contributed by atoms with Crippen LogP contribution in [0, 0.1) is 35.3 Å². The maximum Gasteiger partial charge on any atom is 0.296 e. The van der Waals surface area contributed by atoms with Crippen LogP contribution in [-0.2, 0) is 11.3 Å². The average molecular weight is 420 g/mol. The number of methoxy groups -OCH3 is 1. The Bertz CT molecular complexity index is 1200. The first-order chi connectivity index (χ1) is 14.8. The standard InChI is InChI=1S/C22H20N4O5/c1-14-9-16(10-17(12-23)22(27)24-13-19-5-4-8-31-19)15(2)25(14)20-7-6-18(30-3)11-21(20)26(28)29/h4-11H,13H2,1-3H3,(H,24,27). The maximum atomic E-state index is 12.4. The molecule has 0 atom stereocenters. The maximum absolute atomic E-state index is 12.4. The lowest BCUT2D eigenvalue weighted by molar-refractivity contribution is -0.384. The number of aryl methyl sites for hydroxylation is 1. The van der Waals surface area contributed by atoms with Crippen molar-refractivity contribution in [3.05, 3.63) is 81.1 Å². The molecule has 158 valence electrons. The third-order valence-corrected chi connectivity index (χ3v) is 4.76. The van der Waals surface area contributed by atoms with E-state index in [2.05, 4.69) is 5.32 Å². The predicted octanol–water partition coefficient (Wildman–Crippen LogP) is 3.83. The molecule has 3 aromatic rings. The van der Waals surface area contributed by atoms with Gasteiger partial charge in [0, 0.05) is 11.4 Å². The number of rotatable bonds is 7. The second-order valence-electron chi connectivity index (χ2n) is 6.71. The monoisotopic (exact) mass is 420 g/mol. The van der Waals surface area contributed by atoms with Crippen LogP contribution >= 0.6 is 0 Å². The first-order valence-corrected chi connectivity index (χ1v) is 9.29. The van der Waals surface area contributed by atoms with E-state index in [-0.39, 0.29) is 17.8 Å². The Labute approximate surface area is 178 Å². The topological polar surface area (TPSA) is 123 Å². The van der Waals surface area contributed by atoms with Crippen LogP contribution in [-0.4, -0.2) is 22.5 Å². The van der Waals surface area contributed by atoms with Gasteiger partial charge in [0.15, 0.2) is 0 Å². The Morgan fingerprint density at radius 2 is 2.13 bits per heavy atom. The fraction of sp³-hybridized carbons (Fsp3) is 0.182. The lowest BCUT2D eigenvalue weighted by atomic mass is 10.1. The number of ether oxygens (including phenoxy) is 1. The summed E-state index contributed by atoms with van der Waals surface area (Å²) < 4.78 is 12.0. The molecule has 2 heterocycles. The van der Waals surface area contributed by atoms with E-state index in [0.717, 1.165) is 0 Å². The molecule has 1 N–H and O–H groups in total. The van der Waals surface area contributed by atoms with Crippen molar-refractivity contribution in [2.75, 3.05) is 7.11 Å². The number of hydrogen-bond donors (Lipinski definition) is 1. The van der Waals surface area contributed by atoms with Gasteiger partial charge in [-0.3, -0.25) is 14.9 Å². The van der Waals surface area contributed by atoms with E-state index < -0.39 is 10.8 Å². The largest absolute Gasteiger partial charge is 0.496 e. The highest BCUT2D eigenvalue weighted by Crippen LogP contribution is 2.32. The molecule has 0 aliphatic heterocycles. The van der Waals surface area contributed by atoms with E-state index in [1.165, 1.54) is 25.5 Å². The molecule has 0 bridgehead atoms. The minimum atomic E-state index is -0.542. The van der Waals surface area contributed by atoms with E-state index in [1.807, 2.05) is 6.07 Å². The summed E-state index contributed by atoms with van der Waals surface area (Å²) in [6, 6.07) is 11.7. The van der Waals surface area contributed by atoms with Crippen LogP contribution in [0.5, 0.6) is 5.75 Å². The van der Waals surface area contributed by atoms with Gasteiger partial charge in [-0.15, -0.1) is 0 Å². The molecular formula is C22H20N4O5. The molecule has 0 unspecified atom stereocenters. The number of benzene rings is 1. The molecule has 9 heteroatoms. The predicted molar refractivity (Wildman–Crippen MR) is 113 cm³/mol. The van der Waals surface area contributed by atoms with Gasteiger partial charge in [0.2, 0.25) is 0 Å². The summed E-state index contributed by atoms with van der Waals surface area (Å²) >= 11 is 0. The fourth-order valence-corrected chi connectivity index (χ4v) is 3.25. The molecule has 0 radical (unpaired) electrons. The number of nitrogens with zero attached hydrogens (tertiary/aromatic N) is 3. The molecule has 0 fully saturated rings. The lowest BCUT2D eigenvalue weighted by Gasteiger charge is -2.11. The summed E-state index contributed by atoms with van der Waals surface area (Å²) in [5.41, 5.74) is 2.13. The molecule has 9 nitrogen and oxygen atoms in total. The summed E-state index contributed by atoms with van der Waals surface area (Å²) in [6.45, 7) is 3.71. The van der Waals surface area contributed by atoms with Crippen LogP contribution in [0.1, 0.15) is 22.7 Å². The first-order valence-electron chi connectivity index (χ1n) is 9.29. The number of furan rings is 1. The van der Waals surface area contributed by atoms with Crippen molar-refractivity contribution in [3.63, 3.8) is 0 Å². The van der Waals surface area contributed by atoms with E-state index in [1.54, 1.807) is 48.7 Å². The Balaban J connectivity index is 1.96. The van der Waals surface area contributed by atoms with Gasteiger partial charge in [0.05, 0.1) is 30.9 Å². The molecule has 3 rings (SSSR count). The van der Waals surface area contributed by atoms with E-state index in [0.29, 0.717) is 34.1 Å². The summed E-state index contributed by atoms with van der Waals surface area (Å²) in [4.78, 5) is 23.5. The van der Waals surface area contributed by atoms with E-state index in [9.17, 15) is 20.2 Å². The van der Waals surface area contributed by atoms with Crippen molar-refractivity contribution < 1.29 is 18.9 Å². The minimum Gasteiger partial charge on any atom is -0.496 e. The van der Waals surface area contributed by atoms with Crippen molar-refractivity contribution >= 4 is 17.7 Å². The van der Waals surface area contributed by atoms with Crippen molar-refractivity contribution in [3.8, 4) is 17.5 Å². The van der Waals surface area contributed by atoms with Gasteiger partial charge in [0.1, 0.15) is 28.8 Å². The zero-order chi connectivity index (χ0) is 22.5. The Morgan fingerprint density at radius 1 is 1.35 bits per heavy atom. The average Bonchev–Trinajstić information content (AvgIpc) is 3.37. The normalized spacial score (nSPS) is 11.1. The van der Waals surface area contributed by atoms with Crippen LogP contribution < -0.4 is 10.1 Å². The lowest BCUT2D eigenvalue weighted by Crippen LogP contribution is -2.23. The quantitative estimate of drug-likeness (QED) is 0.268. The molecule has 31 heavy (non-hydrogen) atoms. The fourth-order valence-electron chi connectivity index (χ4n) is 3.25. The number of carbonyl (C=O) groups is 1. The van der Waals surface area contributed by atoms with Gasteiger partial charge in [-0.25, -0.2) is 0 Å². The van der Waals surface area contributed by atoms with Crippen molar-refractivity contribution in [2.45, 2.75) is 20.4 Å². The molecule has 2 aromatic heterocycles. The van der Waals surface area contributed by atoms with Crippen molar-refractivity contribution in [1.29, 1.82) is 5.26 Å². The van der Waals surface area contributed by atoms with Gasteiger partial charge in [-0.05, 0) is 55.8 Å². The molecule has 1 amide bonds. The minimum absolute atomic E-state index is 0.0870. The number of carbonyl (C=O) groups excluding carboxylic acids is 1. The number of amides is 1. The van der Waals surface area contributed by atoms with Crippen LogP contribution in [0.3, 0.4) is 0 Å². The SMILES string of the molecule is COc1ccc(-n2c(C)cc(C=C(C#N)C(=O)NCc3ccco3)c2C)c([N+](=O)[O-])c1. The summed E-state index contributed by atoms with van der Waals surface area (Å²) in [6.07, 6.45) is 2.96. The van der Waals surface area contributed by atoms with Gasteiger partial charge in [-0.1, -0.05) is 0 Å². The van der Waals surface area contributed by atoms with Crippen LogP contribution in [0.2, 0.25) is 0 Å². The number of nitro benzene ring substituents is 1. The number of nitro groups is 1. The van der Waals surface area contributed by atoms with Gasteiger partial charge in [0.25, 0.3) is 11.6 Å². The molecule has 0 saturated heterocycles.